The van der Waals surface area contributed by atoms with Gasteiger partial charge in [0, 0.05) is 51.1 Å². The van der Waals surface area contributed by atoms with Gasteiger partial charge >= 0.3 is 0 Å². The second-order valence-corrected chi connectivity index (χ2v) is 6.78. The number of nitrogens with one attached hydrogen (secondary N) is 1. The minimum Gasteiger partial charge on any atom is -0.375 e. The highest BCUT2D eigenvalue weighted by Gasteiger charge is 2.16. The number of ketones is 1. The summed E-state index contributed by atoms with van der Waals surface area (Å²) in [6, 6.07) is 7.92. The van der Waals surface area contributed by atoms with Crippen LogP contribution in [0.2, 0.25) is 0 Å². The fourth-order valence-electron chi connectivity index (χ4n) is 3.18. The van der Waals surface area contributed by atoms with E-state index < -0.39 is 0 Å². The lowest BCUT2D eigenvalue weighted by Gasteiger charge is -2.36. The fourth-order valence-corrected chi connectivity index (χ4v) is 3.18. The topological polar surface area (TPSA) is 61.9 Å². The Morgan fingerprint density at radius 2 is 1.73 bits per heavy atom. The number of amides is 1. The van der Waals surface area contributed by atoms with Gasteiger partial charge in [0.2, 0.25) is 5.91 Å². The van der Waals surface area contributed by atoms with Gasteiger partial charge in [-0.15, -0.1) is 0 Å². The number of hydrogen-bond acceptors (Lipinski definition) is 5. The summed E-state index contributed by atoms with van der Waals surface area (Å²) < 4.78 is 4.78. The van der Waals surface area contributed by atoms with Crippen LogP contribution in [0.1, 0.15) is 36.5 Å². The van der Waals surface area contributed by atoms with Crippen LogP contribution in [-0.4, -0.2) is 69.6 Å². The summed E-state index contributed by atoms with van der Waals surface area (Å²) in [4.78, 5) is 27.5. The van der Waals surface area contributed by atoms with Crippen LogP contribution >= 0.6 is 0 Å². The molecule has 6 nitrogen and oxygen atoms in total. The van der Waals surface area contributed by atoms with Crippen molar-refractivity contribution in [1.29, 1.82) is 0 Å². The first-order valence-electron chi connectivity index (χ1n) is 9.44. The second-order valence-electron chi connectivity index (χ2n) is 6.78. The predicted molar refractivity (Wildman–Crippen MR) is 104 cm³/mol. The summed E-state index contributed by atoms with van der Waals surface area (Å²) in [7, 11) is 1.53. The van der Waals surface area contributed by atoms with Crippen molar-refractivity contribution in [3.05, 3.63) is 29.8 Å². The Labute approximate surface area is 156 Å². The van der Waals surface area contributed by atoms with E-state index in [0.29, 0.717) is 0 Å². The summed E-state index contributed by atoms with van der Waals surface area (Å²) in [6.07, 6.45) is 3.30. The van der Waals surface area contributed by atoms with Crippen molar-refractivity contribution in [3.8, 4) is 0 Å². The van der Waals surface area contributed by atoms with Gasteiger partial charge in [0.1, 0.15) is 6.61 Å². The number of unbranched alkanes of at least 4 members (excludes halogenated alkanes) is 2. The normalized spacial score (nSPS) is 15.1. The van der Waals surface area contributed by atoms with E-state index in [2.05, 4.69) is 15.1 Å². The molecule has 1 aliphatic rings. The van der Waals surface area contributed by atoms with Crippen LogP contribution in [0.15, 0.2) is 24.3 Å². The number of carbonyl (C=O) groups is 2. The van der Waals surface area contributed by atoms with Crippen molar-refractivity contribution in [3.63, 3.8) is 0 Å². The summed E-state index contributed by atoms with van der Waals surface area (Å²) in [5.74, 6) is 0.0691. The summed E-state index contributed by atoms with van der Waals surface area (Å²) in [5, 5.41) is 2.85. The van der Waals surface area contributed by atoms with E-state index in [1.165, 1.54) is 12.8 Å². The number of Topliss-reactive ketones (excluding diaryl/α,β-unsaturated/α-hetero) is 1. The molecule has 0 aliphatic carbocycles. The highest BCUT2D eigenvalue weighted by Crippen LogP contribution is 2.18. The second kappa shape index (κ2) is 10.9. The molecule has 1 heterocycles. The zero-order chi connectivity index (χ0) is 18.8. The number of ether oxygens (including phenoxy) is 1. The van der Waals surface area contributed by atoms with Crippen molar-refractivity contribution in [2.45, 2.75) is 26.2 Å². The van der Waals surface area contributed by atoms with Crippen LogP contribution in [0.5, 0.6) is 0 Å². The third kappa shape index (κ3) is 6.77. The third-order valence-electron chi connectivity index (χ3n) is 4.76. The summed E-state index contributed by atoms with van der Waals surface area (Å²) in [5.41, 5.74) is 1.97. The van der Waals surface area contributed by atoms with Gasteiger partial charge in [-0.05, 0) is 50.6 Å². The van der Waals surface area contributed by atoms with Gasteiger partial charge in [0.15, 0.2) is 5.78 Å². The Kier molecular flexibility index (Phi) is 8.58. The van der Waals surface area contributed by atoms with Gasteiger partial charge in [-0.25, -0.2) is 0 Å². The maximum absolute atomic E-state index is 11.4. The van der Waals surface area contributed by atoms with E-state index in [0.717, 1.165) is 64.1 Å². The average Bonchev–Trinajstić information content (AvgIpc) is 2.65. The predicted octanol–water partition coefficient (Wildman–Crippen LogP) is 1.94. The SMILES string of the molecule is COCC(=O)NCCCCCN1CCN(c2ccc(C(C)=O)cc2)CC1. The van der Waals surface area contributed by atoms with E-state index in [4.69, 9.17) is 4.74 Å². The van der Waals surface area contributed by atoms with Crippen LogP contribution in [-0.2, 0) is 9.53 Å². The minimum atomic E-state index is -0.0417. The number of rotatable bonds is 10. The molecule has 0 unspecified atom stereocenters. The van der Waals surface area contributed by atoms with Crippen LogP contribution in [0.25, 0.3) is 0 Å². The number of nitrogens with zero attached hydrogens (tertiary/aromatic N) is 2. The first kappa shape index (κ1) is 20.4. The number of hydrogen-bond donors (Lipinski definition) is 1. The number of carbonyl (C=O) groups excluding carboxylic acids is 2. The molecule has 0 bridgehead atoms. The molecule has 144 valence electrons. The largest absolute Gasteiger partial charge is 0.375 e. The molecule has 1 saturated heterocycles. The fraction of sp³-hybridized carbons (Fsp3) is 0.600. The molecule has 1 aromatic rings. The highest BCUT2D eigenvalue weighted by atomic mass is 16.5. The number of methoxy groups -OCH3 is 1. The molecule has 2 rings (SSSR count). The zero-order valence-corrected chi connectivity index (χ0v) is 16.0. The standard InChI is InChI=1S/C20H31N3O3/c1-17(24)18-6-8-19(9-7-18)23-14-12-22(13-15-23)11-5-3-4-10-21-20(25)16-26-2/h6-9H,3-5,10-16H2,1-2H3,(H,21,25). The van der Waals surface area contributed by atoms with Crippen LogP contribution in [0.4, 0.5) is 5.69 Å². The van der Waals surface area contributed by atoms with E-state index in [-0.39, 0.29) is 18.3 Å². The zero-order valence-electron chi connectivity index (χ0n) is 16.0. The molecule has 1 aromatic carbocycles. The Hall–Kier alpha value is -1.92. The van der Waals surface area contributed by atoms with Crippen molar-refractivity contribution in [2.24, 2.45) is 0 Å². The molecule has 0 aromatic heterocycles. The molecule has 0 atom stereocenters. The highest BCUT2D eigenvalue weighted by molar-refractivity contribution is 5.94. The average molecular weight is 361 g/mol. The number of anilines is 1. The van der Waals surface area contributed by atoms with Gasteiger partial charge in [0.05, 0.1) is 0 Å². The van der Waals surface area contributed by atoms with Gasteiger partial charge in [-0.2, -0.15) is 0 Å². The van der Waals surface area contributed by atoms with Crippen molar-refractivity contribution in [1.82, 2.24) is 10.2 Å². The number of piperazine rings is 1. The molecular formula is C20H31N3O3. The Bertz CT molecular complexity index is 566. The van der Waals surface area contributed by atoms with Crippen LogP contribution in [0.3, 0.4) is 0 Å². The Morgan fingerprint density at radius 1 is 1.04 bits per heavy atom. The van der Waals surface area contributed by atoms with Crippen molar-refractivity contribution >= 4 is 17.4 Å². The molecule has 26 heavy (non-hydrogen) atoms. The first-order valence-corrected chi connectivity index (χ1v) is 9.44. The van der Waals surface area contributed by atoms with Crippen molar-refractivity contribution < 1.29 is 14.3 Å². The van der Waals surface area contributed by atoms with E-state index in [9.17, 15) is 9.59 Å². The van der Waals surface area contributed by atoms with E-state index in [1.54, 1.807) is 6.92 Å². The summed E-state index contributed by atoms with van der Waals surface area (Å²) in [6.45, 7) is 7.76. The van der Waals surface area contributed by atoms with Crippen LogP contribution in [0, 0.1) is 0 Å². The van der Waals surface area contributed by atoms with Gasteiger partial charge < -0.3 is 15.0 Å². The molecule has 0 radical (unpaired) electrons. The Balaban J connectivity index is 1.58. The molecule has 1 amide bonds. The maximum atomic E-state index is 11.4. The van der Waals surface area contributed by atoms with Gasteiger partial charge in [-0.3, -0.25) is 14.5 Å². The van der Waals surface area contributed by atoms with E-state index in [1.807, 2.05) is 24.3 Å². The first-order chi connectivity index (χ1) is 12.6. The lowest BCUT2D eigenvalue weighted by molar-refractivity contribution is -0.124. The van der Waals surface area contributed by atoms with Crippen molar-refractivity contribution in [2.75, 3.05) is 57.9 Å². The maximum Gasteiger partial charge on any atom is 0.245 e. The molecule has 0 saturated carbocycles. The molecule has 1 fully saturated rings. The molecule has 0 spiro atoms. The smallest absolute Gasteiger partial charge is 0.245 e. The lowest BCUT2D eigenvalue weighted by Crippen LogP contribution is -2.46. The monoisotopic (exact) mass is 361 g/mol. The lowest BCUT2D eigenvalue weighted by atomic mass is 10.1. The molecular weight excluding hydrogens is 330 g/mol. The Morgan fingerprint density at radius 3 is 2.35 bits per heavy atom. The van der Waals surface area contributed by atoms with Crippen LogP contribution < -0.4 is 10.2 Å². The number of benzene rings is 1. The van der Waals surface area contributed by atoms with Gasteiger partial charge in [-0.1, -0.05) is 6.42 Å². The minimum absolute atomic E-state index is 0.0417. The molecule has 1 aliphatic heterocycles. The van der Waals surface area contributed by atoms with Gasteiger partial charge in [0.25, 0.3) is 0 Å². The third-order valence-corrected chi connectivity index (χ3v) is 4.76. The summed E-state index contributed by atoms with van der Waals surface area (Å²) >= 11 is 0. The molecule has 6 heteroatoms. The molecule has 1 N–H and O–H groups in total. The quantitative estimate of drug-likeness (QED) is 0.510. The van der Waals surface area contributed by atoms with E-state index >= 15 is 0 Å².